The van der Waals surface area contributed by atoms with Crippen molar-refractivity contribution in [3.63, 3.8) is 0 Å². The molecule has 0 saturated heterocycles. The van der Waals surface area contributed by atoms with Crippen LogP contribution in [0.15, 0.2) is 24.3 Å². The number of nitrogen functional groups attached to an aromatic ring is 1. The van der Waals surface area contributed by atoms with Crippen molar-refractivity contribution in [3.05, 3.63) is 35.4 Å². The molecule has 1 rings (SSSR count). The van der Waals surface area contributed by atoms with Gasteiger partial charge in [0.15, 0.2) is 0 Å². The summed E-state index contributed by atoms with van der Waals surface area (Å²) < 4.78 is 0. The molecule has 40 heavy (non-hydrogen) atoms. The van der Waals surface area contributed by atoms with Gasteiger partial charge in [0.1, 0.15) is 0 Å². The van der Waals surface area contributed by atoms with Gasteiger partial charge in [-0.25, -0.2) is 5.84 Å². The summed E-state index contributed by atoms with van der Waals surface area (Å²) >= 11 is 0. The largest absolute Gasteiger partial charge is 0.290 e. The van der Waals surface area contributed by atoms with Gasteiger partial charge in [0.2, 0.25) is 11.8 Å². The summed E-state index contributed by atoms with van der Waals surface area (Å²) in [6.45, 7) is 4.42. The van der Waals surface area contributed by atoms with E-state index in [-0.39, 0.29) is 24.3 Å². The molecule has 4 N–H and O–H groups in total. The molecule has 0 atom stereocenters. The van der Waals surface area contributed by atoms with Gasteiger partial charge in [0.25, 0.3) is 11.8 Å². The zero-order chi connectivity index (χ0) is 29.4. The Balaban J connectivity index is 2.60. The van der Waals surface area contributed by atoms with Crippen molar-refractivity contribution in [2.24, 2.45) is 5.84 Å². The number of rotatable bonds is 22. The minimum absolute atomic E-state index is 0.188. The van der Waals surface area contributed by atoms with E-state index >= 15 is 0 Å². The molecule has 0 aromatic heterocycles. The van der Waals surface area contributed by atoms with Crippen molar-refractivity contribution < 1.29 is 19.2 Å². The zero-order valence-electron chi connectivity index (χ0n) is 25.1. The van der Waals surface area contributed by atoms with E-state index < -0.39 is 17.7 Å². The number of nitrogens with two attached hydrogens (primary N) is 1. The van der Waals surface area contributed by atoms with Crippen molar-refractivity contribution in [2.75, 3.05) is 0 Å². The van der Waals surface area contributed by atoms with E-state index in [1.807, 2.05) is 5.43 Å². The van der Waals surface area contributed by atoms with Crippen LogP contribution in [0.25, 0.3) is 0 Å². The quantitative estimate of drug-likeness (QED) is 0.0605. The number of nitrogens with zero attached hydrogens (tertiary/aromatic N) is 1. The van der Waals surface area contributed by atoms with Crippen molar-refractivity contribution in [3.8, 4) is 0 Å². The summed E-state index contributed by atoms with van der Waals surface area (Å²) in [6, 6.07) is 5.84. The molecule has 0 spiro atoms. The molecular formula is C32H54N4O4. The van der Waals surface area contributed by atoms with Gasteiger partial charge in [-0.1, -0.05) is 117 Å². The number of benzene rings is 1. The summed E-state index contributed by atoms with van der Waals surface area (Å²) in [4.78, 5) is 50.7. The third-order valence-electron chi connectivity index (χ3n) is 7.22. The first kappa shape index (κ1) is 35.3. The molecule has 0 aliphatic carbocycles. The van der Waals surface area contributed by atoms with E-state index in [0.29, 0.717) is 12.0 Å². The maximum absolute atomic E-state index is 13.2. The number of nitrogens with one attached hydrogen (secondary N) is 2. The Kier molecular flexibility index (Phi) is 20.3. The molecular weight excluding hydrogens is 504 g/mol. The van der Waals surface area contributed by atoms with E-state index in [4.69, 9.17) is 5.84 Å². The fourth-order valence-corrected chi connectivity index (χ4v) is 4.68. The second kappa shape index (κ2) is 23.0. The highest BCUT2D eigenvalue weighted by Gasteiger charge is 2.25. The van der Waals surface area contributed by atoms with Gasteiger partial charge < -0.3 is 0 Å². The van der Waals surface area contributed by atoms with Gasteiger partial charge in [-0.3, -0.25) is 30.0 Å². The maximum Gasteiger partial charge on any atom is 0.279 e. The molecule has 0 heterocycles. The van der Waals surface area contributed by atoms with Crippen LogP contribution in [0, 0.1) is 0 Å². The molecule has 4 amide bonds. The Labute approximate surface area is 242 Å². The Bertz CT molecular complexity index is 857. The van der Waals surface area contributed by atoms with Gasteiger partial charge in [0.05, 0.1) is 0 Å². The Morgan fingerprint density at radius 1 is 0.600 bits per heavy atom. The molecule has 0 radical (unpaired) electrons. The number of hydrogen-bond acceptors (Lipinski definition) is 5. The van der Waals surface area contributed by atoms with Crippen LogP contribution in [-0.4, -0.2) is 28.6 Å². The van der Waals surface area contributed by atoms with Crippen molar-refractivity contribution >= 4 is 23.6 Å². The summed E-state index contributed by atoms with van der Waals surface area (Å²) in [5.74, 6) is 3.33. The third kappa shape index (κ3) is 15.8. The third-order valence-corrected chi connectivity index (χ3v) is 7.22. The SMILES string of the molecule is CCCCCCCCCCCC(=O)NN(C(=O)CCCCCCCCCCC)C(=O)c1ccc(C(=O)NN)cc1. The van der Waals surface area contributed by atoms with Gasteiger partial charge in [0, 0.05) is 24.0 Å². The topological polar surface area (TPSA) is 122 Å². The van der Waals surface area contributed by atoms with Crippen LogP contribution in [0.2, 0.25) is 0 Å². The van der Waals surface area contributed by atoms with E-state index in [1.54, 1.807) is 0 Å². The Hall–Kier alpha value is -2.74. The van der Waals surface area contributed by atoms with Gasteiger partial charge in [-0.15, -0.1) is 0 Å². The summed E-state index contributed by atoms with van der Waals surface area (Å²) in [5.41, 5.74) is 5.11. The predicted octanol–water partition coefficient (Wildman–Crippen LogP) is 7.13. The van der Waals surface area contributed by atoms with Gasteiger partial charge in [-0.2, -0.15) is 5.01 Å². The molecule has 0 aliphatic heterocycles. The maximum atomic E-state index is 13.2. The lowest BCUT2D eigenvalue weighted by Gasteiger charge is -2.22. The molecule has 0 fully saturated rings. The van der Waals surface area contributed by atoms with Gasteiger partial charge in [-0.05, 0) is 37.1 Å². The summed E-state index contributed by atoms with van der Waals surface area (Å²) in [7, 11) is 0. The number of carbonyl (C=O) groups excluding carboxylic acids is 4. The van der Waals surface area contributed by atoms with E-state index in [9.17, 15) is 19.2 Å². The van der Waals surface area contributed by atoms with Crippen LogP contribution >= 0.6 is 0 Å². The van der Waals surface area contributed by atoms with E-state index in [2.05, 4.69) is 19.3 Å². The first-order valence-corrected chi connectivity index (χ1v) is 15.7. The number of carbonyl (C=O) groups is 4. The van der Waals surface area contributed by atoms with Crippen molar-refractivity contribution in [2.45, 2.75) is 142 Å². The molecule has 0 aliphatic rings. The molecule has 1 aromatic carbocycles. The minimum atomic E-state index is -0.610. The van der Waals surface area contributed by atoms with Crippen molar-refractivity contribution in [1.29, 1.82) is 0 Å². The fourth-order valence-electron chi connectivity index (χ4n) is 4.68. The van der Waals surface area contributed by atoms with Crippen LogP contribution in [0.4, 0.5) is 0 Å². The number of unbranched alkanes of at least 4 members (excludes halogenated alkanes) is 16. The highest BCUT2D eigenvalue weighted by atomic mass is 16.2. The number of hydrazine groups is 2. The highest BCUT2D eigenvalue weighted by Crippen LogP contribution is 2.14. The number of amides is 4. The zero-order valence-corrected chi connectivity index (χ0v) is 25.1. The van der Waals surface area contributed by atoms with Crippen LogP contribution < -0.4 is 16.7 Å². The van der Waals surface area contributed by atoms with E-state index in [0.717, 1.165) is 43.5 Å². The van der Waals surface area contributed by atoms with Gasteiger partial charge >= 0.3 is 0 Å². The molecule has 0 saturated carbocycles. The van der Waals surface area contributed by atoms with Crippen LogP contribution in [0.3, 0.4) is 0 Å². The predicted molar refractivity (Wildman–Crippen MR) is 161 cm³/mol. The number of imide groups is 1. The molecule has 0 bridgehead atoms. The van der Waals surface area contributed by atoms with Crippen LogP contribution in [0.1, 0.15) is 163 Å². The monoisotopic (exact) mass is 558 g/mol. The molecule has 8 nitrogen and oxygen atoms in total. The Morgan fingerprint density at radius 2 is 1.00 bits per heavy atom. The van der Waals surface area contributed by atoms with E-state index in [1.165, 1.54) is 94.9 Å². The fraction of sp³-hybridized carbons (Fsp3) is 0.688. The molecule has 8 heteroatoms. The molecule has 226 valence electrons. The van der Waals surface area contributed by atoms with Crippen molar-refractivity contribution in [1.82, 2.24) is 15.9 Å². The average molecular weight is 559 g/mol. The standard InChI is InChI=1S/C32H54N4O4/c1-3-5-7-9-11-13-15-17-19-21-29(37)35-36(30(38)22-20-18-16-14-12-10-8-6-4-2)32(40)28-25-23-27(24-26-28)31(39)34-33/h23-26H,3-22,33H2,1-2H3,(H,34,39)(H,35,37). The summed E-state index contributed by atoms with van der Waals surface area (Å²) in [5, 5.41) is 0.860. The lowest BCUT2D eigenvalue weighted by Crippen LogP contribution is -2.49. The number of hydrogen-bond donors (Lipinski definition) is 3. The minimum Gasteiger partial charge on any atom is -0.290 e. The molecule has 1 aromatic rings. The lowest BCUT2D eigenvalue weighted by atomic mass is 10.1. The first-order chi connectivity index (χ1) is 19.4. The summed E-state index contributed by atoms with van der Waals surface area (Å²) in [6.07, 6.45) is 20.8. The van der Waals surface area contributed by atoms with Crippen LogP contribution in [0.5, 0.6) is 0 Å². The lowest BCUT2D eigenvalue weighted by molar-refractivity contribution is -0.138. The second-order valence-corrected chi connectivity index (χ2v) is 10.8. The normalized spacial score (nSPS) is 10.8. The Morgan fingerprint density at radius 3 is 1.45 bits per heavy atom. The highest BCUT2D eigenvalue weighted by molar-refractivity contribution is 6.06. The second-order valence-electron chi connectivity index (χ2n) is 10.8. The molecule has 0 unspecified atom stereocenters. The van der Waals surface area contributed by atoms with Crippen LogP contribution in [-0.2, 0) is 9.59 Å². The smallest absolute Gasteiger partial charge is 0.279 e. The average Bonchev–Trinajstić information content (AvgIpc) is 2.97. The first-order valence-electron chi connectivity index (χ1n) is 15.7.